The quantitative estimate of drug-likeness (QED) is 0.728. The third kappa shape index (κ3) is 2.03. The van der Waals surface area contributed by atoms with E-state index in [2.05, 4.69) is 5.32 Å². The molecule has 0 aliphatic heterocycles. The molecule has 5 heteroatoms. The molecule has 2 N–H and O–H groups in total. The SMILES string of the molecule is CNCC1(C)CCC(O)(C(F)(F)F)C1. The first-order valence-corrected chi connectivity index (χ1v) is 4.66. The first-order valence-electron chi connectivity index (χ1n) is 4.66. The van der Waals surface area contributed by atoms with Gasteiger partial charge in [0.05, 0.1) is 0 Å². The molecule has 0 aromatic rings. The van der Waals surface area contributed by atoms with Gasteiger partial charge in [0.2, 0.25) is 0 Å². The van der Waals surface area contributed by atoms with E-state index in [9.17, 15) is 18.3 Å². The Balaban J connectivity index is 2.73. The van der Waals surface area contributed by atoms with Crippen LogP contribution in [0.4, 0.5) is 13.2 Å². The maximum absolute atomic E-state index is 12.5. The second kappa shape index (κ2) is 3.38. The largest absolute Gasteiger partial charge is 0.417 e. The summed E-state index contributed by atoms with van der Waals surface area (Å²) in [6, 6.07) is 0. The second-order valence-electron chi connectivity index (χ2n) is 4.55. The van der Waals surface area contributed by atoms with E-state index in [0.717, 1.165) is 0 Å². The summed E-state index contributed by atoms with van der Waals surface area (Å²) < 4.78 is 37.4. The third-order valence-electron chi connectivity index (χ3n) is 2.99. The summed E-state index contributed by atoms with van der Waals surface area (Å²) in [5.74, 6) is 0. The molecule has 14 heavy (non-hydrogen) atoms. The van der Waals surface area contributed by atoms with Crippen LogP contribution in [0.3, 0.4) is 0 Å². The monoisotopic (exact) mass is 211 g/mol. The number of hydrogen-bond donors (Lipinski definition) is 2. The van der Waals surface area contributed by atoms with E-state index in [1.54, 1.807) is 14.0 Å². The molecule has 1 fully saturated rings. The lowest BCUT2D eigenvalue weighted by Gasteiger charge is -2.29. The predicted molar refractivity (Wildman–Crippen MR) is 46.9 cm³/mol. The van der Waals surface area contributed by atoms with Crippen LogP contribution in [-0.2, 0) is 0 Å². The Hall–Kier alpha value is -0.290. The molecule has 0 heterocycles. The van der Waals surface area contributed by atoms with E-state index in [0.29, 0.717) is 13.0 Å². The zero-order chi connectivity index (χ0) is 11.0. The number of rotatable bonds is 2. The molecule has 0 bridgehead atoms. The fourth-order valence-electron chi connectivity index (χ4n) is 2.21. The van der Waals surface area contributed by atoms with Gasteiger partial charge in [-0.05, 0) is 31.7 Å². The van der Waals surface area contributed by atoms with Gasteiger partial charge in [-0.3, -0.25) is 0 Å². The molecule has 1 aliphatic rings. The van der Waals surface area contributed by atoms with Crippen molar-refractivity contribution < 1.29 is 18.3 Å². The van der Waals surface area contributed by atoms with Crippen LogP contribution in [0.1, 0.15) is 26.2 Å². The standard InChI is InChI=1S/C9H16F3NO/c1-7(6-13-2)3-4-8(14,5-7)9(10,11)12/h13-14H,3-6H2,1-2H3. The fraction of sp³-hybridized carbons (Fsp3) is 1.00. The minimum atomic E-state index is -4.50. The number of nitrogens with one attached hydrogen (secondary N) is 1. The van der Waals surface area contributed by atoms with Gasteiger partial charge >= 0.3 is 6.18 Å². The van der Waals surface area contributed by atoms with Crippen LogP contribution >= 0.6 is 0 Å². The lowest BCUT2D eigenvalue weighted by molar-refractivity contribution is -0.259. The highest BCUT2D eigenvalue weighted by atomic mass is 19.4. The van der Waals surface area contributed by atoms with Crippen molar-refractivity contribution in [1.29, 1.82) is 0 Å². The van der Waals surface area contributed by atoms with Gasteiger partial charge in [-0.2, -0.15) is 13.2 Å². The van der Waals surface area contributed by atoms with E-state index in [4.69, 9.17) is 0 Å². The highest BCUT2D eigenvalue weighted by Crippen LogP contribution is 2.50. The van der Waals surface area contributed by atoms with Gasteiger partial charge in [0.15, 0.2) is 5.60 Å². The van der Waals surface area contributed by atoms with Crippen molar-refractivity contribution in [2.75, 3.05) is 13.6 Å². The van der Waals surface area contributed by atoms with Gasteiger partial charge in [-0.25, -0.2) is 0 Å². The van der Waals surface area contributed by atoms with Crippen LogP contribution in [0, 0.1) is 5.41 Å². The highest BCUT2D eigenvalue weighted by Gasteiger charge is 2.59. The molecule has 1 rings (SSSR count). The molecule has 0 aromatic heterocycles. The number of halogens is 3. The van der Waals surface area contributed by atoms with Crippen molar-refractivity contribution in [2.24, 2.45) is 5.41 Å². The topological polar surface area (TPSA) is 32.3 Å². The molecule has 2 nitrogen and oxygen atoms in total. The minimum absolute atomic E-state index is 0.186. The lowest BCUT2D eigenvalue weighted by Crippen LogP contribution is -2.44. The number of alkyl halides is 3. The zero-order valence-corrected chi connectivity index (χ0v) is 8.41. The molecule has 2 unspecified atom stereocenters. The van der Waals surface area contributed by atoms with Gasteiger partial charge < -0.3 is 10.4 Å². The highest BCUT2D eigenvalue weighted by molar-refractivity contribution is 5.00. The van der Waals surface area contributed by atoms with E-state index in [1.165, 1.54) is 0 Å². The molecule has 2 atom stereocenters. The summed E-state index contributed by atoms with van der Waals surface area (Å²) >= 11 is 0. The Labute approximate surface area is 81.5 Å². The van der Waals surface area contributed by atoms with Crippen LogP contribution in [0.25, 0.3) is 0 Å². The van der Waals surface area contributed by atoms with E-state index in [-0.39, 0.29) is 12.8 Å². The molecule has 0 radical (unpaired) electrons. The van der Waals surface area contributed by atoms with E-state index in [1.807, 2.05) is 0 Å². The van der Waals surface area contributed by atoms with Crippen molar-refractivity contribution in [3.63, 3.8) is 0 Å². The van der Waals surface area contributed by atoms with Gasteiger partial charge in [-0.1, -0.05) is 6.92 Å². The Morgan fingerprint density at radius 2 is 1.93 bits per heavy atom. The number of hydrogen-bond acceptors (Lipinski definition) is 2. The summed E-state index contributed by atoms with van der Waals surface area (Å²) in [7, 11) is 1.70. The summed E-state index contributed by atoms with van der Waals surface area (Å²) in [5, 5.41) is 12.3. The van der Waals surface area contributed by atoms with Gasteiger partial charge in [0.1, 0.15) is 0 Å². The Morgan fingerprint density at radius 3 is 2.29 bits per heavy atom. The molecular formula is C9H16F3NO. The predicted octanol–water partition coefficient (Wildman–Crippen LogP) is 1.69. The van der Waals surface area contributed by atoms with Crippen LogP contribution in [0.15, 0.2) is 0 Å². The van der Waals surface area contributed by atoms with Crippen molar-refractivity contribution in [1.82, 2.24) is 5.32 Å². The maximum Gasteiger partial charge on any atom is 0.417 e. The Kier molecular flexibility index (Phi) is 2.84. The summed E-state index contributed by atoms with van der Waals surface area (Å²) in [4.78, 5) is 0. The van der Waals surface area contributed by atoms with Gasteiger partial charge in [0, 0.05) is 6.54 Å². The van der Waals surface area contributed by atoms with Gasteiger partial charge in [-0.15, -0.1) is 0 Å². The summed E-state index contributed by atoms with van der Waals surface area (Å²) in [5.41, 5.74) is -2.92. The molecule has 1 aliphatic carbocycles. The number of aliphatic hydroxyl groups is 1. The molecule has 0 saturated heterocycles. The summed E-state index contributed by atoms with van der Waals surface area (Å²) in [6.07, 6.45) is -4.48. The summed E-state index contributed by atoms with van der Waals surface area (Å²) in [6.45, 7) is 2.28. The Morgan fingerprint density at radius 1 is 1.36 bits per heavy atom. The molecule has 0 spiro atoms. The molecule has 0 amide bonds. The molecule has 1 saturated carbocycles. The second-order valence-corrected chi connectivity index (χ2v) is 4.55. The molecular weight excluding hydrogens is 195 g/mol. The van der Waals surface area contributed by atoms with Crippen molar-refractivity contribution in [3.05, 3.63) is 0 Å². The van der Waals surface area contributed by atoms with Crippen LogP contribution in [0.5, 0.6) is 0 Å². The maximum atomic E-state index is 12.5. The van der Waals surface area contributed by atoms with Crippen LogP contribution < -0.4 is 5.32 Å². The van der Waals surface area contributed by atoms with E-state index < -0.39 is 17.2 Å². The van der Waals surface area contributed by atoms with Crippen LogP contribution in [0.2, 0.25) is 0 Å². The van der Waals surface area contributed by atoms with Crippen molar-refractivity contribution in [2.45, 2.75) is 38.0 Å². The molecule has 0 aromatic carbocycles. The van der Waals surface area contributed by atoms with Gasteiger partial charge in [0.25, 0.3) is 0 Å². The Bertz CT molecular complexity index is 219. The van der Waals surface area contributed by atoms with E-state index >= 15 is 0 Å². The fourth-order valence-corrected chi connectivity index (χ4v) is 2.21. The first-order chi connectivity index (χ1) is 6.22. The smallest absolute Gasteiger partial charge is 0.380 e. The lowest BCUT2D eigenvalue weighted by atomic mass is 9.86. The van der Waals surface area contributed by atoms with Crippen LogP contribution in [-0.4, -0.2) is 30.5 Å². The van der Waals surface area contributed by atoms with Crippen molar-refractivity contribution >= 4 is 0 Å². The first kappa shape index (κ1) is 11.8. The normalized spacial score (nSPS) is 39.0. The third-order valence-corrected chi connectivity index (χ3v) is 2.99. The minimum Gasteiger partial charge on any atom is -0.380 e. The molecule has 84 valence electrons. The average Bonchev–Trinajstić information content (AvgIpc) is 2.28. The zero-order valence-electron chi connectivity index (χ0n) is 8.41. The average molecular weight is 211 g/mol. The van der Waals surface area contributed by atoms with Crippen molar-refractivity contribution in [3.8, 4) is 0 Å².